The molecule has 3 nitrogen and oxygen atoms in total. The summed E-state index contributed by atoms with van der Waals surface area (Å²) in [6, 6.07) is 3.61. The lowest BCUT2D eigenvalue weighted by atomic mass is 9.88. The van der Waals surface area contributed by atoms with Gasteiger partial charge in [0.25, 0.3) is 0 Å². The zero-order valence-electron chi connectivity index (χ0n) is 7.43. The Morgan fingerprint density at radius 2 is 1.77 bits per heavy atom. The van der Waals surface area contributed by atoms with Crippen LogP contribution in [0.2, 0.25) is 0 Å². The molecule has 1 aliphatic carbocycles. The zero-order chi connectivity index (χ0) is 9.42. The summed E-state index contributed by atoms with van der Waals surface area (Å²) < 4.78 is 0. The maximum absolute atomic E-state index is 7.77. The number of hydrogen-bond donors (Lipinski definition) is 3. The van der Waals surface area contributed by atoms with Crippen LogP contribution in [0, 0.1) is 5.41 Å². The Kier molecular flexibility index (Phi) is 1.72. The minimum Gasteiger partial charge on any atom is -0.398 e. The van der Waals surface area contributed by atoms with Gasteiger partial charge in [0, 0.05) is 22.6 Å². The summed E-state index contributed by atoms with van der Waals surface area (Å²) in [6.45, 7) is 0. The predicted molar refractivity (Wildman–Crippen MR) is 55.0 cm³/mol. The van der Waals surface area contributed by atoms with Crippen LogP contribution in [0.3, 0.4) is 0 Å². The fourth-order valence-electron chi connectivity index (χ4n) is 1.87. The van der Waals surface area contributed by atoms with Crippen LogP contribution in [0.25, 0.3) is 0 Å². The Balaban J connectivity index is 2.67. The first-order valence-corrected chi connectivity index (χ1v) is 4.45. The molecule has 0 bridgehead atoms. The molecule has 0 fully saturated rings. The van der Waals surface area contributed by atoms with Gasteiger partial charge in [-0.25, -0.2) is 0 Å². The molecule has 3 heteroatoms. The van der Waals surface area contributed by atoms with Gasteiger partial charge in [-0.3, -0.25) is 0 Å². The first kappa shape index (κ1) is 8.10. The zero-order valence-corrected chi connectivity index (χ0v) is 7.43. The third-order valence-corrected chi connectivity index (χ3v) is 2.54. The first-order valence-electron chi connectivity index (χ1n) is 4.45. The van der Waals surface area contributed by atoms with Gasteiger partial charge < -0.3 is 16.9 Å². The summed E-state index contributed by atoms with van der Waals surface area (Å²) in [4.78, 5) is 0. The monoisotopic (exact) mass is 175 g/mol. The van der Waals surface area contributed by atoms with E-state index in [1.54, 1.807) is 6.07 Å². The van der Waals surface area contributed by atoms with Gasteiger partial charge in [-0.05, 0) is 37.0 Å². The second kappa shape index (κ2) is 2.76. The molecular formula is C10H13N3. The maximum Gasteiger partial charge on any atom is 0.0410 e. The lowest BCUT2D eigenvalue weighted by Gasteiger charge is -2.20. The molecule has 0 heterocycles. The van der Waals surface area contributed by atoms with E-state index in [0.29, 0.717) is 11.4 Å². The van der Waals surface area contributed by atoms with E-state index in [0.717, 1.165) is 36.1 Å². The van der Waals surface area contributed by atoms with E-state index in [1.165, 1.54) is 0 Å². The lowest BCUT2D eigenvalue weighted by molar-refractivity contribution is 0.838. The van der Waals surface area contributed by atoms with Crippen molar-refractivity contribution in [3.05, 3.63) is 23.3 Å². The number of rotatable bonds is 0. The second-order valence-electron chi connectivity index (χ2n) is 3.43. The summed E-state index contributed by atoms with van der Waals surface area (Å²) in [6.07, 6.45) is 2.79. The smallest absolute Gasteiger partial charge is 0.0410 e. The van der Waals surface area contributed by atoms with Gasteiger partial charge in [0.2, 0.25) is 0 Å². The lowest BCUT2D eigenvalue weighted by Crippen LogP contribution is -2.15. The van der Waals surface area contributed by atoms with Crippen LogP contribution in [0.5, 0.6) is 0 Å². The average molecular weight is 175 g/mol. The van der Waals surface area contributed by atoms with Crippen molar-refractivity contribution in [1.29, 1.82) is 5.41 Å². The summed E-state index contributed by atoms with van der Waals surface area (Å²) in [5.74, 6) is 0. The molecule has 0 spiro atoms. The summed E-state index contributed by atoms with van der Waals surface area (Å²) in [7, 11) is 0. The number of nitrogens with two attached hydrogens (primary N) is 2. The van der Waals surface area contributed by atoms with E-state index < -0.39 is 0 Å². The number of hydrogen-bond acceptors (Lipinski definition) is 3. The standard InChI is InChI=1S/C10H13N3/c11-7-4-5-9(13)10-6(7)2-1-3-8(10)12/h4-5,12H,1-3,11,13H2. The molecule has 0 radical (unpaired) electrons. The molecule has 0 atom stereocenters. The highest BCUT2D eigenvalue weighted by Gasteiger charge is 2.18. The van der Waals surface area contributed by atoms with Crippen molar-refractivity contribution in [2.24, 2.45) is 0 Å². The highest BCUT2D eigenvalue weighted by molar-refractivity contribution is 6.05. The van der Waals surface area contributed by atoms with Crippen molar-refractivity contribution >= 4 is 17.1 Å². The molecule has 13 heavy (non-hydrogen) atoms. The Morgan fingerprint density at radius 3 is 2.46 bits per heavy atom. The topological polar surface area (TPSA) is 75.9 Å². The van der Waals surface area contributed by atoms with E-state index in [-0.39, 0.29) is 0 Å². The Morgan fingerprint density at radius 1 is 1.08 bits per heavy atom. The summed E-state index contributed by atoms with van der Waals surface area (Å²) in [5.41, 5.74) is 15.7. The molecule has 0 amide bonds. The molecule has 0 saturated carbocycles. The molecule has 0 saturated heterocycles. The van der Waals surface area contributed by atoms with Crippen LogP contribution in [-0.4, -0.2) is 5.71 Å². The number of anilines is 2. The fourth-order valence-corrected chi connectivity index (χ4v) is 1.87. The number of fused-ring (bicyclic) bond motifs is 1. The summed E-state index contributed by atoms with van der Waals surface area (Å²) >= 11 is 0. The van der Waals surface area contributed by atoms with E-state index in [2.05, 4.69) is 0 Å². The van der Waals surface area contributed by atoms with Crippen LogP contribution in [0.1, 0.15) is 24.0 Å². The molecule has 0 aromatic heterocycles. The number of benzene rings is 1. The van der Waals surface area contributed by atoms with E-state index >= 15 is 0 Å². The van der Waals surface area contributed by atoms with Gasteiger partial charge in [-0.2, -0.15) is 0 Å². The highest BCUT2D eigenvalue weighted by atomic mass is 14.6. The third kappa shape index (κ3) is 1.16. The van der Waals surface area contributed by atoms with Crippen molar-refractivity contribution in [3.63, 3.8) is 0 Å². The molecule has 68 valence electrons. The number of nitrogens with one attached hydrogen (secondary N) is 1. The minimum absolute atomic E-state index is 0.631. The van der Waals surface area contributed by atoms with Gasteiger partial charge in [0.05, 0.1) is 0 Å². The SMILES string of the molecule is N=C1CCCc2c(N)ccc(N)c21. The molecule has 5 N–H and O–H groups in total. The molecule has 1 aromatic rings. The van der Waals surface area contributed by atoms with Crippen molar-refractivity contribution in [2.75, 3.05) is 11.5 Å². The normalized spacial score (nSPS) is 15.5. The molecular weight excluding hydrogens is 162 g/mol. The predicted octanol–water partition coefficient (Wildman–Crippen LogP) is 1.56. The maximum atomic E-state index is 7.77. The number of nitrogen functional groups attached to an aromatic ring is 2. The van der Waals surface area contributed by atoms with Crippen molar-refractivity contribution in [3.8, 4) is 0 Å². The van der Waals surface area contributed by atoms with Gasteiger partial charge in [0.15, 0.2) is 0 Å². The minimum atomic E-state index is 0.631. The van der Waals surface area contributed by atoms with Crippen LogP contribution in [0.15, 0.2) is 12.1 Å². The molecule has 0 unspecified atom stereocenters. The summed E-state index contributed by atoms with van der Waals surface area (Å²) in [5, 5.41) is 7.77. The van der Waals surface area contributed by atoms with Crippen molar-refractivity contribution in [1.82, 2.24) is 0 Å². The molecule has 2 rings (SSSR count). The van der Waals surface area contributed by atoms with Crippen LogP contribution in [0.4, 0.5) is 11.4 Å². The Labute approximate surface area is 77.3 Å². The van der Waals surface area contributed by atoms with Gasteiger partial charge >= 0.3 is 0 Å². The molecule has 1 aromatic carbocycles. The average Bonchev–Trinajstić information content (AvgIpc) is 2.12. The van der Waals surface area contributed by atoms with E-state index in [1.807, 2.05) is 6.07 Å². The van der Waals surface area contributed by atoms with Crippen molar-refractivity contribution < 1.29 is 0 Å². The van der Waals surface area contributed by atoms with Crippen LogP contribution < -0.4 is 11.5 Å². The van der Waals surface area contributed by atoms with Crippen LogP contribution in [-0.2, 0) is 6.42 Å². The van der Waals surface area contributed by atoms with Gasteiger partial charge in [-0.1, -0.05) is 0 Å². The largest absolute Gasteiger partial charge is 0.398 e. The van der Waals surface area contributed by atoms with Crippen LogP contribution >= 0.6 is 0 Å². The highest BCUT2D eigenvalue weighted by Crippen LogP contribution is 2.30. The second-order valence-corrected chi connectivity index (χ2v) is 3.43. The van der Waals surface area contributed by atoms with Gasteiger partial charge in [-0.15, -0.1) is 0 Å². The Hall–Kier alpha value is -1.51. The first-order chi connectivity index (χ1) is 6.20. The molecule has 0 aliphatic heterocycles. The third-order valence-electron chi connectivity index (χ3n) is 2.54. The Bertz CT molecular complexity index is 369. The van der Waals surface area contributed by atoms with E-state index in [4.69, 9.17) is 16.9 Å². The van der Waals surface area contributed by atoms with Crippen molar-refractivity contribution in [2.45, 2.75) is 19.3 Å². The molecule has 1 aliphatic rings. The fraction of sp³-hybridized carbons (Fsp3) is 0.300. The quantitative estimate of drug-likeness (QED) is 0.523. The van der Waals surface area contributed by atoms with Gasteiger partial charge in [0.1, 0.15) is 0 Å². The van der Waals surface area contributed by atoms with E-state index in [9.17, 15) is 0 Å².